The van der Waals surface area contributed by atoms with Gasteiger partial charge < -0.3 is 10.1 Å². The number of aromatic nitrogens is 1. The van der Waals surface area contributed by atoms with E-state index in [1.165, 1.54) is 36.4 Å². The van der Waals surface area contributed by atoms with Crippen LogP contribution in [0, 0.1) is 0 Å². The molecule has 118 valence electrons. The number of alkyl halides is 3. The number of rotatable bonds is 3. The summed E-state index contributed by atoms with van der Waals surface area (Å²) in [5, 5.41) is 10.5. The largest absolute Gasteiger partial charge is 0.427 e. The van der Waals surface area contributed by atoms with Crippen LogP contribution < -0.4 is 0 Å². The van der Waals surface area contributed by atoms with E-state index < -0.39 is 11.8 Å². The Bertz CT molecular complexity index is 781. The number of benzene rings is 2. The molecule has 0 fully saturated rings. The zero-order valence-electron chi connectivity index (χ0n) is 12.0. The smallest absolute Gasteiger partial charge is 0.371 e. The highest BCUT2D eigenvalue weighted by atomic mass is 19.4. The molecule has 0 aliphatic heterocycles. The molecule has 0 saturated heterocycles. The zero-order valence-corrected chi connectivity index (χ0v) is 12.0. The van der Waals surface area contributed by atoms with E-state index in [0.29, 0.717) is 5.69 Å². The third-order valence-electron chi connectivity index (χ3n) is 3.76. The van der Waals surface area contributed by atoms with Gasteiger partial charge in [-0.3, -0.25) is 0 Å². The summed E-state index contributed by atoms with van der Waals surface area (Å²) in [4.78, 5) is 2.71. The van der Waals surface area contributed by atoms with E-state index in [-0.39, 0.29) is 11.3 Å². The van der Waals surface area contributed by atoms with E-state index in [4.69, 9.17) is 0 Å². The number of H-pyrrole nitrogens is 1. The highest BCUT2D eigenvalue weighted by molar-refractivity contribution is 5.60. The van der Waals surface area contributed by atoms with E-state index in [9.17, 15) is 18.3 Å². The first kappa shape index (κ1) is 15.4. The van der Waals surface area contributed by atoms with Crippen molar-refractivity contribution in [3.05, 3.63) is 84.1 Å². The number of aliphatic hydroxyl groups is 1. The quantitative estimate of drug-likeness (QED) is 0.734. The first-order chi connectivity index (χ1) is 10.9. The Morgan fingerprint density at radius 1 is 0.739 bits per heavy atom. The molecule has 0 spiro atoms. The second-order valence-corrected chi connectivity index (χ2v) is 5.23. The van der Waals surface area contributed by atoms with Gasteiger partial charge in [-0.25, -0.2) is 0 Å². The molecule has 0 aliphatic rings. The van der Waals surface area contributed by atoms with E-state index >= 15 is 0 Å². The van der Waals surface area contributed by atoms with Crippen LogP contribution in [0.3, 0.4) is 0 Å². The number of hydrogen-bond donors (Lipinski definition) is 2. The van der Waals surface area contributed by atoms with Crippen molar-refractivity contribution in [2.75, 3.05) is 0 Å². The van der Waals surface area contributed by atoms with Gasteiger partial charge in [0.25, 0.3) is 0 Å². The van der Waals surface area contributed by atoms with Crippen molar-refractivity contribution in [3.8, 4) is 11.3 Å². The molecule has 1 unspecified atom stereocenters. The minimum Gasteiger partial charge on any atom is -0.371 e. The summed E-state index contributed by atoms with van der Waals surface area (Å²) in [6.07, 6.45) is -4.85. The lowest BCUT2D eigenvalue weighted by atomic mass is 9.90. The van der Waals surface area contributed by atoms with Gasteiger partial charge in [-0.05, 0) is 23.3 Å². The molecule has 23 heavy (non-hydrogen) atoms. The van der Waals surface area contributed by atoms with Crippen molar-refractivity contribution in [1.29, 1.82) is 0 Å². The monoisotopic (exact) mass is 317 g/mol. The van der Waals surface area contributed by atoms with Crippen molar-refractivity contribution in [1.82, 2.24) is 4.98 Å². The zero-order chi connectivity index (χ0) is 16.5. The Labute approximate surface area is 131 Å². The summed E-state index contributed by atoms with van der Waals surface area (Å²) in [5.41, 5.74) is -2.36. The van der Waals surface area contributed by atoms with Crippen LogP contribution in [-0.4, -0.2) is 16.3 Å². The summed E-state index contributed by atoms with van der Waals surface area (Å²) < 4.78 is 40.9. The predicted molar refractivity (Wildman–Crippen MR) is 81.7 cm³/mol. The molecule has 0 saturated carbocycles. The number of nitrogens with one attached hydrogen (secondary N) is 1. The molecule has 0 aliphatic carbocycles. The molecule has 2 nitrogen and oxygen atoms in total. The fourth-order valence-electron chi connectivity index (χ4n) is 2.54. The summed E-state index contributed by atoms with van der Waals surface area (Å²) >= 11 is 0. The molecule has 2 aromatic carbocycles. The van der Waals surface area contributed by atoms with Gasteiger partial charge in [-0.2, -0.15) is 13.2 Å². The van der Waals surface area contributed by atoms with E-state index in [0.717, 1.165) is 5.56 Å². The van der Waals surface area contributed by atoms with Gasteiger partial charge in [0.05, 0.1) is 5.69 Å². The van der Waals surface area contributed by atoms with Gasteiger partial charge in [0, 0.05) is 5.69 Å². The molecular weight excluding hydrogens is 303 g/mol. The van der Waals surface area contributed by atoms with Gasteiger partial charge in [-0.15, -0.1) is 0 Å². The topological polar surface area (TPSA) is 36.0 Å². The Balaban J connectivity index is 2.11. The first-order valence-electron chi connectivity index (χ1n) is 7.02. The number of hydrogen-bond acceptors (Lipinski definition) is 1. The van der Waals surface area contributed by atoms with Crippen molar-refractivity contribution in [3.63, 3.8) is 0 Å². The van der Waals surface area contributed by atoms with Crippen molar-refractivity contribution in [2.24, 2.45) is 0 Å². The summed E-state index contributed by atoms with van der Waals surface area (Å²) in [5.74, 6) is 0. The molecule has 3 rings (SSSR count). The maximum atomic E-state index is 13.6. The van der Waals surface area contributed by atoms with E-state index in [1.54, 1.807) is 30.3 Å². The maximum Gasteiger partial charge on any atom is 0.427 e. The standard InChI is InChI=1S/C18H14F3NO/c19-18(20,21)17(23,14-9-5-2-6-10-14)16-12-11-15(22-16)13-7-3-1-4-8-13/h1-12,22-23H. The average Bonchev–Trinajstić information content (AvgIpc) is 3.05. The number of aromatic amines is 1. The lowest BCUT2D eigenvalue weighted by Crippen LogP contribution is -2.43. The first-order valence-corrected chi connectivity index (χ1v) is 7.02. The molecule has 0 amide bonds. The lowest BCUT2D eigenvalue weighted by Gasteiger charge is -2.30. The fourth-order valence-corrected chi connectivity index (χ4v) is 2.54. The number of halogens is 3. The van der Waals surface area contributed by atoms with E-state index in [2.05, 4.69) is 4.98 Å². The molecule has 0 bridgehead atoms. The summed E-state index contributed by atoms with van der Waals surface area (Å²) in [7, 11) is 0. The van der Waals surface area contributed by atoms with Crippen LogP contribution in [0.4, 0.5) is 13.2 Å². The van der Waals surface area contributed by atoms with Gasteiger partial charge >= 0.3 is 6.18 Å². The molecule has 1 atom stereocenters. The third kappa shape index (κ3) is 2.64. The molecule has 2 N–H and O–H groups in total. The van der Waals surface area contributed by atoms with Crippen LogP contribution in [0.15, 0.2) is 72.8 Å². The fraction of sp³-hybridized carbons (Fsp3) is 0.111. The van der Waals surface area contributed by atoms with Crippen molar-refractivity contribution >= 4 is 0 Å². The summed E-state index contributed by atoms with van der Waals surface area (Å²) in [6.45, 7) is 0. The van der Waals surface area contributed by atoms with Crippen LogP contribution in [0.25, 0.3) is 11.3 Å². The molecule has 1 aromatic heterocycles. The van der Waals surface area contributed by atoms with Gasteiger partial charge in [0.15, 0.2) is 0 Å². The molecular formula is C18H14F3NO. The Hall–Kier alpha value is -2.53. The van der Waals surface area contributed by atoms with Crippen molar-refractivity contribution in [2.45, 2.75) is 11.8 Å². The molecule has 3 aromatic rings. The predicted octanol–water partition coefficient (Wildman–Crippen LogP) is 4.48. The van der Waals surface area contributed by atoms with Crippen LogP contribution in [0.2, 0.25) is 0 Å². The maximum absolute atomic E-state index is 13.6. The lowest BCUT2D eigenvalue weighted by molar-refractivity contribution is -0.249. The van der Waals surface area contributed by atoms with Gasteiger partial charge in [0.2, 0.25) is 5.60 Å². The van der Waals surface area contributed by atoms with Crippen LogP contribution in [0.5, 0.6) is 0 Å². The third-order valence-corrected chi connectivity index (χ3v) is 3.76. The Kier molecular flexibility index (Phi) is 3.74. The molecule has 0 radical (unpaired) electrons. The average molecular weight is 317 g/mol. The van der Waals surface area contributed by atoms with Crippen LogP contribution in [-0.2, 0) is 5.60 Å². The Morgan fingerprint density at radius 2 is 1.30 bits per heavy atom. The Morgan fingerprint density at radius 3 is 1.87 bits per heavy atom. The summed E-state index contributed by atoms with van der Waals surface area (Å²) in [6, 6.07) is 18.8. The van der Waals surface area contributed by atoms with E-state index in [1.807, 2.05) is 6.07 Å². The highest BCUT2D eigenvalue weighted by Gasteiger charge is 2.57. The van der Waals surface area contributed by atoms with Crippen LogP contribution in [0.1, 0.15) is 11.3 Å². The van der Waals surface area contributed by atoms with Crippen LogP contribution >= 0.6 is 0 Å². The minimum atomic E-state index is -4.85. The van der Waals surface area contributed by atoms with Gasteiger partial charge in [0.1, 0.15) is 0 Å². The minimum absolute atomic E-state index is 0.228. The SMILES string of the molecule is OC(c1ccccc1)(c1ccc(-c2ccccc2)[nH]1)C(F)(F)F. The second-order valence-electron chi connectivity index (χ2n) is 5.23. The normalized spacial score (nSPS) is 14.4. The second kappa shape index (κ2) is 5.59. The molecule has 5 heteroatoms. The van der Waals surface area contributed by atoms with Crippen molar-refractivity contribution < 1.29 is 18.3 Å². The molecule has 1 heterocycles. The highest BCUT2D eigenvalue weighted by Crippen LogP contribution is 2.44. The van der Waals surface area contributed by atoms with Gasteiger partial charge in [-0.1, -0.05) is 60.7 Å².